The first-order chi connectivity index (χ1) is 15.1. The lowest BCUT2D eigenvalue weighted by Gasteiger charge is -2.13. The van der Waals surface area contributed by atoms with Gasteiger partial charge in [-0.2, -0.15) is 5.10 Å². The van der Waals surface area contributed by atoms with E-state index in [-0.39, 0.29) is 5.91 Å². The number of fused-ring (bicyclic) bond motifs is 1. The van der Waals surface area contributed by atoms with Gasteiger partial charge in [0.05, 0.1) is 18.5 Å². The van der Waals surface area contributed by atoms with E-state index in [1.54, 1.807) is 17.7 Å². The summed E-state index contributed by atoms with van der Waals surface area (Å²) in [5.74, 6) is 0.480. The number of rotatable bonds is 7. The predicted octanol–water partition coefficient (Wildman–Crippen LogP) is 3.36. The summed E-state index contributed by atoms with van der Waals surface area (Å²) in [5.41, 5.74) is 4.28. The first-order valence-electron chi connectivity index (χ1n) is 10.1. The number of ether oxygens (including phenoxy) is 1. The standard InChI is InChI=1S/C24H25N5O2/c1-28(2)14-13-25-24(30)20-15-21(18-11-7-8-12-22(18)31-3)29-23(26-20)16-19(27-29)17-9-5-4-6-10-17/h4-12,15-16H,13-14H2,1-3H3,(H,25,30). The van der Waals surface area contributed by atoms with Gasteiger partial charge in [0.15, 0.2) is 5.65 Å². The van der Waals surface area contributed by atoms with Crippen LogP contribution in [0.2, 0.25) is 0 Å². The van der Waals surface area contributed by atoms with E-state index in [2.05, 4.69) is 10.3 Å². The number of amides is 1. The van der Waals surface area contributed by atoms with E-state index in [0.717, 1.165) is 29.1 Å². The quantitative estimate of drug-likeness (QED) is 0.501. The highest BCUT2D eigenvalue weighted by Gasteiger charge is 2.18. The van der Waals surface area contributed by atoms with E-state index in [1.807, 2.05) is 79.7 Å². The summed E-state index contributed by atoms with van der Waals surface area (Å²) in [5, 5.41) is 7.72. The van der Waals surface area contributed by atoms with E-state index >= 15 is 0 Å². The van der Waals surface area contributed by atoms with Gasteiger partial charge in [0.2, 0.25) is 0 Å². The van der Waals surface area contributed by atoms with E-state index in [0.29, 0.717) is 23.6 Å². The summed E-state index contributed by atoms with van der Waals surface area (Å²) in [6, 6.07) is 21.2. The normalized spacial score (nSPS) is 11.1. The van der Waals surface area contributed by atoms with Crippen LogP contribution in [0.25, 0.3) is 28.2 Å². The first-order valence-corrected chi connectivity index (χ1v) is 10.1. The Morgan fingerprint density at radius 3 is 2.55 bits per heavy atom. The van der Waals surface area contributed by atoms with Gasteiger partial charge in [0.25, 0.3) is 5.91 Å². The number of hydrogen-bond donors (Lipinski definition) is 1. The maximum Gasteiger partial charge on any atom is 0.270 e. The van der Waals surface area contributed by atoms with Gasteiger partial charge in [-0.25, -0.2) is 9.50 Å². The molecule has 158 valence electrons. The molecule has 0 spiro atoms. The summed E-state index contributed by atoms with van der Waals surface area (Å²) in [4.78, 5) is 19.4. The molecule has 4 aromatic rings. The second kappa shape index (κ2) is 8.97. The number of carbonyl (C=O) groups is 1. The maximum atomic E-state index is 12.8. The molecule has 4 rings (SSSR count). The summed E-state index contributed by atoms with van der Waals surface area (Å²) >= 11 is 0. The number of nitrogens with one attached hydrogen (secondary N) is 1. The van der Waals surface area contributed by atoms with Crippen LogP contribution in [0.15, 0.2) is 66.7 Å². The Balaban J connectivity index is 1.84. The average Bonchev–Trinajstić information content (AvgIpc) is 3.23. The molecule has 2 heterocycles. The Morgan fingerprint density at radius 2 is 1.81 bits per heavy atom. The number of para-hydroxylation sites is 1. The fourth-order valence-corrected chi connectivity index (χ4v) is 3.37. The molecule has 2 aromatic carbocycles. The van der Waals surface area contributed by atoms with Crippen molar-refractivity contribution in [3.05, 3.63) is 72.4 Å². The Morgan fingerprint density at radius 1 is 1.06 bits per heavy atom. The fraction of sp³-hybridized carbons (Fsp3) is 0.208. The zero-order valence-electron chi connectivity index (χ0n) is 17.9. The van der Waals surface area contributed by atoms with Crippen molar-refractivity contribution >= 4 is 11.6 Å². The summed E-state index contributed by atoms with van der Waals surface area (Å²) in [7, 11) is 5.56. The van der Waals surface area contributed by atoms with Crippen LogP contribution >= 0.6 is 0 Å². The highest BCUT2D eigenvalue weighted by molar-refractivity contribution is 5.94. The lowest BCUT2D eigenvalue weighted by molar-refractivity contribution is 0.0946. The molecule has 0 aliphatic heterocycles. The molecule has 0 radical (unpaired) electrons. The van der Waals surface area contributed by atoms with Gasteiger partial charge < -0.3 is 15.0 Å². The molecule has 0 saturated carbocycles. The van der Waals surface area contributed by atoms with Crippen LogP contribution in [-0.4, -0.2) is 59.7 Å². The second-order valence-electron chi connectivity index (χ2n) is 7.45. The zero-order chi connectivity index (χ0) is 21.8. The van der Waals surface area contributed by atoms with Crippen LogP contribution in [0, 0.1) is 0 Å². The lowest BCUT2D eigenvalue weighted by atomic mass is 10.1. The SMILES string of the molecule is COc1ccccc1-c1cc(C(=O)NCCN(C)C)nc2cc(-c3ccccc3)nn12. The largest absolute Gasteiger partial charge is 0.496 e. The number of likely N-dealkylation sites (N-methyl/N-ethyl adjacent to an activating group) is 1. The van der Waals surface area contributed by atoms with E-state index in [4.69, 9.17) is 9.84 Å². The van der Waals surface area contributed by atoms with Crippen molar-refractivity contribution in [1.29, 1.82) is 0 Å². The minimum atomic E-state index is -0.219. The molecule has 0 saturated heterocycles. The van der Waals surface area contributed by atoms with E-state index in [1.165, 1.54) is 0 Å². The lowest BCUT2D eigenvalue weighted by Crippen LogP contribution is -2.32. The fourth-order valence-electron chi connectivity index (χ4n) is 3.37. The molecule has 0 aliphatic rings. The topological polar surface area (TPSA) is 71.8 Å². The van der Waals surface area contributed by atoms with Crippen LogP contribution in [-0.2, 0) is 0 Å². The zero-order valence-corrected chi connectivity index (χ0v) is 17.9. The number of benzene rings is 2. The molecular formula is C24H25N5O2. The number of aromatic nitrogens is 3. The van der Waals surface area contributed by atoms with Crippen molar-refractivity contribution in [2.24, 2.45) is 0 Å². The van der Waals surface area contributed by atoms with Gasteiger partial charge in [-0.05, 0) is 32.3 Å². The van der Waals surface area contributed by atoms with Crippen molar-refractivity contribution in [3.63, 3.8) is 0 Å². The number of carbonyl (C=O) groups excluding carboxylic acids is 1. The van der Waals surface area contributed by atoms with Crippen molar-refractivity contribution in [2.45, 2.75) is 0 Å². The van der Waals surface area contributed by atoms with Crippen LogP contribution in [0.3, 0.4) is 0 Å². The molecule has 2 aromatic heterocycles. The first kappa shape index (κ1) is 20.6. The Hall–Kier alpha value is -3.71. The van der Waals surface area contributed by atoms with Crippen LogP contribution < -0.4 is 10.1 Å². The summed E-state index contributed by atoms with van der Waals surface area (Å²) in [6.07, 6.45) is 0. The van der Waals surface area contributed by atoms with Gasteiger partial charge in [-0.3, -0.25) is 4.79 Å². The predicted molar refractivity (Wildman–Crippen MR) is 121 cm³/mol. The Bertz CT molecular complexity index is 1200. The third-order valence-electron chi connectivity index (χ3n) is 4.96. The van der Waals surface area contributed by atoms with Gasteiger partial charge in [0, 0.05) is 30.3 Å². The van der Waals surface area contributed by atoms with Crippen molar-refractivity contribution in [2.75, 3.05) is 34.3 Å². The molecule has 0 unspecified atom stereocenters. The molecule has 0 aliphatic carbocycles. The highest BCUT2D eigenvalue weighted by Crippen LogP contribution is 2.31. The molecule has 7 heteroatoms. The number of hydrogen-bond acceptors (Lipinski definition) is 5. The van der Waals surface area contributed by atoms with Crippen LogP contribution in [0.5, 0.6) is 5.75 Å². The minimum absolute atomic E-state index is 0.219. The molecule has 1 amide bonds. The summed E-state index contributed by atoms with van der Waals surface area (Å²) < 4.78 is 7.32. The minimum Gasteiger partial charge on any atom is -0.496 e. The van der Waals surface area contributed by atoms with Gasteiger partial charge >= 0.3 is 0 Å². The van der Waals surface area contributed by atoms with Crippen LogP contribution in [0.1, 0.15) is 10.5 Å². The molecule has 0 atom stereocenters. The Labute approximate surface area is 181 Å². The third-order valence-corrected chi connectivity index (χ3v) is 4.96. The van der Waals surface area contributed by atoms with Gasteiger partial charge in [-0.1, -0.05) is 42.5 Å². The monoisotopic (exact) mass is 415 g/mol. The molecule has 0 fully saturated rings. The average molecular weight is 415 g/mol. The molecule has 7 nitrogen and oxygen atoms in total. The molecular weight excluding hydrogens is 390 g/mol. The van der Waals surface area contributed by atoms with Crippen molar-refractivity contribution in [1.82, 2.24) is 24.8 Å². The third kappa shape index (κ3) is 4.41. The maximum absolute atomic E-state index is 12.8. The van der Waals surface area contributed by atoms with E-state index in [9.17, 15) is 4.79 Å². The van der Waals surface area contributed by atoms with Crippen molar-refractivity contribution in [3.8, 4) is 28.3 Å². The highest BCUT2D eigenvalue weighted by atomic mass is 16.5. The van der Waals surface area contributed by atoms with Crippen molar-refractivity contribution < 1.29 is 9.53 Å². The Kier molecular flexibility index (Phi) is 5.95. The van der Waals surface area contributed by atoms with Gasteiger partial charge in [-0.15, -0.1) is 0 Å². The number of methoxy groups -OCH3 is 1. The second-order valence-corrected chi connectivity index (χ2v) is 7.45. The smallest absolute Gasteiger partial charge is 0.270 e. The van der Waals surface area contributed by atoms with Crippen LogP contribution in [0.4, 0.5) is 0 Å². The van der Waals surface area contributed by atoms with E-state index < -0.39 is 0 Å². The number of nitrogens with zero attached hydrogens (tertiary/aromatic N) is 4. The molecule has 0 bridgehead atoms. The summed E-state index contributed by atoms with van der Waals surface area (Å²) in [6.45, 7) is 1.29. The molecule has 1 N–H and O–H groups in total. The van der Waals surface area contributed by atoms with Gasteiger partial charge in [0.1, 0.15) is 11.4 Å². The molecule has 31 heavy (non-hydrogen) atoms.